The SMILES string of the molecule is COC(=O)c1cc(S(=O)(=O)N2CCNCC2)c(C)o1.Cl. The molecule has 0 unspecified atom stereocenters. The van der Waals surface area contributed by atoms with Gasteiger partial charge in [-0.15, -0.1) is 12.4 Å². The first kappa shape index (κ1) is 17.0. The van der Waals surface area contributed by atoms with Crippen LogP contribution in [0.1, 0.15) is 16.3 Å². The molecule has 20 heavy (non-hydrogen) atoms. The number of rotatable bonds is 3. The zero-order chi connectivity index (χ0) is 14.0. The molecule has 0 atom stereocenters. The van der Waals surface area contributed by atoms with Gasteiger partial charge < -0.3 is 14.5 Å². The Balaban J connectivity index is 0.00000200. The van der Waals surface area contributed by atoms with E-state index < -0.39 is 16.0 Å². The molecule has 1 aliphatic heterocycles. The predicted octanol–water partition coefficient (Wildman–Crippen LogP) is 0.390. The quantitative estimate of drug-likeness (QED) is 0.809. The maximum Gasteiger partial charge on any atom is 0.373 e. The highest BCUT2D eigenvalue weighted by Crippen LogP contribution is 2.24. The summed E-state index contributed by atoms with van der Waals surface area (Å²) in [6.45, 7) is 3.54. The molecule has 1 N–H and O–H groups in total. The maximum absolute atomic E-state index is 12.4. The van der Waals surface area contributed by atoms with Crippen LogP contribution in [-0.2, 0) is 14.8 Å². The molecule has 1 aromatic rings. The minimum atomic E-state index is -3.62. The smallest absolute Gasteiger partial charge is 0.373 e. The number of methoxy groups -OCH3 is 1. The minimum Gasteiger partial charge on any atom is -0.463 e. The van der Waals surface area contributed by atoms with E-state index in [2.05, 4.69) is 10.1 Å². The molecule has 0 spiro atoms. The topological polar surface area (TPSA) is 88.9 Å². The number of sulfonamides is 1. The van der Waals surface area contributed by atoms with Crippen LogP contribution in [0.5, 0.6) is 0 Å². The van der Waals surface area contributed by atoms with Gasteiger partial charge in [0.15, 0.2) is 0 Å². The lowest BCUT2D eigenvalue weighted by molar-refractivity contribution is 0.0563. The molecule has 7 nitrogen and oxygen atoms in total. The first-order valence-electron chi connectivity index (χ1n) is 5.86. The number of aryl methyl sites for hydroxylation is 1. The van der Waals surface area contributed by atoms with Crippen LogP contribution in [0.25, 0.3) is 0 Å². The van der Waals surface area contributed by atoms with Crippen molar-refractivity contribution in [2.75, 3.05) is 33.3 Å². The van der Waals surface area contributed by atoms with Gasteiger partial charge in [0.2, 0.25) is 15.8 Å². The van der Waals surface area contributed by atoms with Crippen LogP contribution in [0.4, 0.5) is 0 Å². The number of carbonyl (C=O) groups excluding carboxylic acids is 1. The third kappa shape index (κ3) is 3.14. The molecule has 1 aliphatic rings. The molecule has 9 heteroatoms. The van der Waals surface area contributed by atoms with Gasteiger partial charge in [-0.05, 0) is 6.92 Å². The van der Waals surface area contributed by atoms with Gasteiger partial charge in [0, 0.05) is 32.2 Å². The van der Waals surface area contributed by atoms with Crippen molar-refractivity contribution in [3.63, 3.8) is 0 Å². The summed E-state index contributed by atoms with van der Waals surface area (Å²) in [4.78, 5) is 11.4. The van der Waals surface area contributed by atoms with E-state index in [1.807, 2.05) is 0 Å². The number of piperazine rings is 1. The van der Waals surface area contributed by atoms with Crippen molar-refractivity contribution >= 4 is 28.4 Å². The van der Waals surface area contributed by atoms with Crippen molar-refractivity contribution in [3.05, 3.63) is 17.6 Å². The van der Waals surface area contributed by atoms with E-state index in [-0.39, 0.29) is 28.8 Å². The molecule has 0 saturated carbocycles. The summed E-state index contributed by atoms with van der Waals surface area (Å²) in [7, 11) is -2.41. The van der Waals surface area contributed by atoms with Gasteiger partial charge >= 0.3 is 5.97 Å². The monoisotopic (exact) mass is 324 g/mol. The average Bonchev–Trinajstić information content (AvgIpc) is 2.81. The molecule has 0 aliphatic carbocycles. The highest BCUT2D eigenvalue weighted by atomic mass is 35.5. The van der Waals surface area contributed by atoms with Gasteiger partial charge in [-0.1, -0.05) is 0 Å². The van der Waals surface area contributed by atoms with Gasteiger partial charge in [-0.3, -0.25) is 0 Å². The Hall–Kier alpha value is -1.09. The number of nitrogens with one attached hydrogen (secondary N) is 1. The number of hydrogen-bond donors (Lipinski definition) is 1. The Kier molecular flexibility index (Phi) is 5.58. The Morgan fingerprint density at radius 3 is 2.55 bits per heavy atom. The van der Waals surface area contributed by atoms with E-state index >= 15 is 0 Å². The summed E-state index contributed by atoms with van der Waals surface area (Å²) in [5.41, 5.74) is 0. The molecular formula is C11H17ClN2O5S. The summed E-state index contributed by atoms with van der Waals surface area (Å²) in [6.07, 6.45) is 0. The summed E-state index contributed by atoms with van der Waals surface area (Å²) in [6, 6.07) is 1.22. The number of esters is 1. The average molecular weight is 325 g/mol. The van der Waals surface area contributed by atoms with Crippen molar-refractivity contribution in [2.45, 2.75) is 11.8 Å². The van der Waals surface area contributed by atoms with Crippen LogP contribution < -0.4 is 5.32 Å². The second-order valence-corrected chi connectivity index (χ2v) is 6.08. The Bertz CT molecular complexity index is 578. The summed E-state index contributed by atoms with van der Waals surface area (Å²) >= 11 is 0. The lowest BCUT2D eigenvalue weighted by Gasteiger charge is -2.26. The van der Waals surface area contributed by atoms with Gasteiger partial charge in [-0.25, -0.2) is 13.2 Å². The van der Waals surface area contributed by atoms with E-state index in [0.29, 0.717) is 26.2 Å². The first-order valence-corrected chi connectivity index (χ1v) is 7.30. The second-order valence-electron chi connectivity index (χ2n) is 4.18. The van der Waals surface area contributed by atoms with E-state index in [1.54, 1.807) is 0 Å². The van der Waals surface area contributed by atoms with Crippen molar-refractivity contribution in [1.29, 1.82) is 0 Å². The van der Waals surface area contributed by atoms with Crippen LogP contribution in [0.3, 0.4) is 0 Å². The van der Waals surface area contributed by atoms with Crippen LogP contribution in [0.2, 0.25) is 0 Å². The standard InChI is InChI=1S/C11H16N2O5S.ClH/c1-8-10(7-9(18-8)11(14)17-2)19(15,16)13-5-3-12-4-6-13;/h7,12H,3-6H2,1-2H3;1H. The molecule has 114 valence electrons. The minimum absolute atomic E-state index is 0. The predicted molar refractivity (Wildman–Crippen MR) is 73.7 cm³/mol. The molecule has 1 fully saturated rings. The number of hydrogen-bond acceptors (Lipinski definition) is 6. The maximum atomic E-state index is 12.4. The van der Waals surface area contributed by atoms with Crippen molar-refractivity contribution in [3.8, 4) is 0 Å². The molecule has 2 heterocycles. The van der Waals surface area contributed by atoms with Gasteiger partial charge in [0.05, 0.1) is 7.11 Å². The lowest BCUT2D eigenvalue weighted by Crippen LogP contribution is -2.46. The van der Waals surface area contributed by atoms with E-state index in [9.17, 15) is 13.2 Å². The van der Waals surface area contributed by atoms with Gasteiger partial charge in [0.1, 0.15) is 10.7 Å². The zero-order valence-corrected chi connectivity index (χ0v) is 12.8. The summed E-state index contributed by atoms with van der Waals surface area (Å²) in [5.74, 6) is -0.600. The molecular weight excluding hydrogens is 308 g/mol. The normalized spacial score (nSPS) is 16.5. The summed E-state index contributed by atoms with van der Waals surface area (Å²) in [5, 5.41) is 3.08. The van der Waals surface area contributed by atoms with Crippen molar-refractivity contribution in [2.24, 2.45) is 0 Å². The number of halogens is 1. The largest absolute Gasteiger partial charge is 0.463 e. The highest BCUT2D eigenvalue weighted by molar-refractivity contribution is 7.89. The highest BCUT2D eigenvalue weighted by Gasteiger charge is 2.30. The van der Waals surface area contributed by atoms with E-state index in [0.717, 1.165) is 0 Å². The first-order chi connectivity index (χ1) is 8.96. The van der Waals surface area contributed by atoms with Crippen LogP contribution in [-0.4, -0.2) is 52.0 Å². The van der Waals surface area contributed by atoms with Gasteiger partial charge in [0.25, 0.3) is 0 Å². The molecule has 0 amide bonds. The molecule has 2 rings (SSSR count). The number of ether oxygens (including phenoxy) is 1. The molecule has 1 aromatic heterocycles. The molecule has 0 radical (unpaired) electrons. The lowest BCUT2D eigenvalue weighted by atomic mass is 10.4. The van der Waals surface area contributed by atoms with E-state index in [4.69, 9.17) is 4.42 Å². The Morgan fingerprint density at radius 2 is 2.00 bits per heavy atom. The molecule has 1 saturated heterocycles. The fourth-order valence-corrected chi connectivity index (χ4v) is 3.55. The fourth-order valence-electron chi connectivity index (χ4n) is 1.95. The summed E-state index contributed by atoms with van der Waals surface area (Å²) < 4.78 is 35.9. The Morgan fingerprint density at radius 1 is 1.40 bits per heavy atom. The van der Waals surface area contributed by atoms with Crippen molar-refractivity contribution in [1.82, 2.24) is 9.62 Å². The number of carbonyl (C=O) groups is 1. The molecule has 0 aromatic carbocycles. The zero-order valence-electron chi connectivity index (χ0n) is 11.2. The third-order valence-corrected chi connectivity index (χ3v) is 4.96. The Labute approximate surface area is 123 Å². The second kappa shape index (κ2) is 6.57. The number of furan rings is 1. The van der Waals surface area contributed by atoms with Crippen LogP contribution in [0, 0.1) is 6.92 Å². The van der Waals surface area contributed by atoms with Crippen LogP contribution in [0.15, 0.2) is 15.4 Å². The van der Waals surface area contributed by atoms with Crippen molar-refractivity contribution < 1.29 is 22.4 Å². The van der Waals surface area contributed by atoms with Crippen LogP contribution >= 0.6 is 12.4 Å². The fraction of sp³-hybridized carbons (Fsp3) is 0.545. The molecule has 0 bridgehead atoms. The van der Waals surface area contributed by atoms with E-state index in [1.165, 1.54) is 24.4 Å². The number of nitrogens with zero attached hydrogens (tertiary/aromatic N) is 1. The third-order valence-electron chi connectivity index (χ3n) is 2.95. The van der Waals surface area contributed by atoms with Gasteiger partial charge in [-0.2, -0.15) is 4.31 Å².